The molecule has 10 heteroatoms. The molecule has 0 saturated carbocycles. The van der Waals surface area contributed by atoms with E-state index in [0.29, 0.717) is 12.8 Å². The number of carbonyl (C=O) groups is 2. The molecule has 7 heterocycles. The van der Waals surface area contributed by atoms with Crippen molar-refractivity contribution in [2.24, 2.45) is 0 Å². The van der Waals surface area contributed by atoms with Gasteiger partial charge in [-0.2, -0.15) is 0 Å². The second-order valence-electron chi connectivity index (χ2n) is 14.7. The van der Waals surface area contributed by atoms with Crippen LogP contribution in [0.3, 0.4) is 0 Å². The fraction of sp³-hybridized carbons (Fsp3) is 0.304. The Morgan fingerprint density at radius 2 is 0.839 bits per heavy atom. The van der Waals surface area contributed by atoms with Crippen LogP contribution in [0, 0.1) is 27.7 Å². The fourth-order valence-electron chi connectivity index (χ4n) is 7.96. The number of esters is 2. The zero-order chi connectivity index (χ0) is 39.3. The number of H-pyrrole nitrogens is 4. The van der Waals surface area contributed by atoms with Gasteiger partial charge in [-0.25, -0.2) is 9.13 Å². The van der Waals surface area contributed by atoms with Crippen LogP contribution >= 0.6 is 0 Å². The number of hydrogen-bond donors (Lipinski definition) is 4. The van der Waals surface area contributed by atoms with Crippen LogP contribution in [0.15, 0.2) is 61.2 Å². The lowest BCUT2D eigenvalue weighted by Crippen LogP contribution is -2.34. The highest BCUT2D eigenvalue weighted by Crippen LogP contribution is 2.24. The molecule has 0 spiro atoms. The van der Waals surface area contributed by atoms with Crippen molar-refractivity contribution in [2.75, 3.05) is 14.2 Å². The van der Waals surface area contributed by atoms with Crippen LogP contribution in [0.4, 0.5) is 0 Å². The van der Waals surface area contributed by atoms with Crippen molar-refractivity contribution in [2.45, 2.75) is 79.3 Å². The third-order valence-corrected chi connectivity index (χ3v) is 11.4. The Kier molecular flexibility index (Phi) is 11.4. The maximum absolute atomic E-state index is 12.4. The molecule has 0 atom stereocenters. The van der Waals surface area contributed by atoms with Crippen molar-refractivity contribution < 1.29 is 28.2 Å². The molecule has 0 unspecified atom stereocenters. The molecule has 56 heavy (non-hydrogen) atoms. The summed E-state index contributed by atoms with van der Waals surface area (Å²) in [7, 11) is 2.85. The maximum atomic E-state index is 12.4. The topological polar surface area (TPSA) is 124 Å². The number of methoxy groups -OCH3 is 2. The van der Waals surface area contributed by atoms with Crippen molar-refractivity contribution in [1.82, 2.24) is 19.9 Å². The first-order valence-electron chi connectivity index (χ1n) is 19.4. The minimum atomic E-state index is -0.255. The average molecular weight is 753 g/mol. The number of nitrogens with one attached hydrogen (secondary N) is 4. The van der Waals surface area contributed by atoms with Crippen LogP contribution in [0.2, 0.25) is 0 Å². The normalized spacial score (nSPS) is 12.0. The highest BCUT2D eigenvalue weighted by atomic mass is 16.5. The molecule has 8 bridgehead atoms. The quantitative estimate of drug-likeness (QED) is 0.113. The van der Waals surface area contributed by atoms with Crippen molar-refractivity contribution in [3.05, 3.63) is 150 Å². The first-order chi connectivity index (χ1) is 27.1. The lowest BCUT2D eigenvalue weighted by atomic mass is 10.0. The zero-order valence-electron chi connectivity index (χ0n) is 33.3. The molecule has 0 amide bonds. The number of fused-ring (bicyclic) bond motifs is 8. The van der Waals surface area contributed by atoms with Crippen molar-refractivity contribution >= 4 is 36.2 Å². The molecule has 6 aromatic rings. The minimum Gasteiger partial charge on any atom is -0.469 e. The van der Waals surface area contributed by atoms with Gasteiger partial charge >= 0.3 is 11.9 Å². The van der Waals surface area contributed by atoms with Gasteiger partial charge in [-0.3, -0.25) is 9.59 Å². The van der Waals surface area contributed by atoms with E-state index in [4.69, 9.17) is 9.47 Å². The number of pyridine rings is 2. The number of aromatic amines is 4. The molecule has 1 aliphatic rings. The van der Waals surface area contributed by atoms with Crippen LogP contribution in [-0.2, 0) is 57.8 Å². The summed E-state index contributed by atoms with van der Waals surface area (Å²) in [4.78, 5) is 39.9. The zero-order valence-corrected chi connectivity index (χ0v) is 33.3. The predicted octanol–water partition coefficient (Wildman–Crippen LogP) is 3.13. The Labute approximate surface area is 326 Å². The SMILES string of the molecule is COC(=O)CCc1c2[nH]c(c1C)C=c1[nH]c(c(C)c1CC[n+]1ccccc1)=Cc1[nH]c(c(C)c1CC[n+]1ccccc1)C=c1[nH]c(c(CCC(=O)OC)c1C)=C2. The first kappa shape index (κ1) is 38.1. The molecule has 7 rings (SSSR count). The van der Waals surface area contributed by atoms with Gasteiger partial charge in [-0.1, -0.05) is 12.1 Å². The summed E-state index contributed by atoms with van der Waals surface area (Å²) in [6.07, 6.45) is 20.5. The summed E-state index contributed by atoms with van der Waals surface area (Å²) in [5.41, 5.74) is 13.1. The van der Waals surface area contributed by atoms with E-state index in [1.165, 1.54) is 36.5 Å². The number of hydrogen-bond acceptors (Lipinski definition) is 4. The molecular formula is C46H52N6O4+2. The van der Waals surface area contributed by atoms with E-state index in [0.717, 1.165) is 92.4 Å². The molecular weight excluding hydrogens is 701 g/mol. The second-order valence-corrected chi connectivity index (χ2v) is 14.7. The summed E-state index contributed by atoms with van der Waals surface area (Å²) in [5, 5.41) is 3.98. The van der Waals surface area contributed by atoms with Gasteiger partial charge in [0.1, 0.15) is 0 Å². The van der Waals surface area contributed by atoms with Gasteiger partial charge in [0.05, 0.1) is 14.2 Å². The molecule has 6 aromatic heterocycles. The number of carbonyl (C=O) groups excluding carboxylic acids is 2. The number of nitrogens with zero attached hydrogens (tertiary/aromatic N) is 2. The van der Waals surface area contributed by atoms with E-state index in [1.54, 1.807) is 0 Å². The smallest absolute Gasteiger partial charge is 0.305 e. The van der Waals surface area contributed by atoms with Crippen LogP contribution in [0.1, 0.15) is 80.1 Å². The second kappa shape index (κ2) is 16.7. The lowest BCUT2D eigenvalue weighted by molar-refractivity contribution is -0.696. The van der Waals surface area contributed by atoms with Gasteiger partial charge in [0.15, 0.2) is 37.9 Å². The standard InChI is InChI=1S/C46H52N6O4/c1-29-33(13-15-45(53)55-5)43-28-44-34(14-16-46(54)56-6)30(2)39(50-44)26-42-36(18-24-52-21-11-8-12-22-52)32(4)40(49-42)27-41-35(17-23-51-19-9-7-10-20-51)31(3)38(47-41)25-37(29)48-43/h7-12,19-22,25-28,47-50H,13-18,23-24H2,1-6H3/q+2. The largest absolute Gasteiger partial charge is 0.469 e. The Morgan fingerprint density at radius 3 is 1.32 bits per heavy atom. The third-order valence-electron chi connectivity index (χ3n) is 11.4. The monoisotopic (exact) mass is 752 g/mol. The van der Waals surface area contributed by atoms with E-state index in [9.17, 15) is 9.59 Å². The van der Waals surface area contributed by atoms with E-state index >= 15 is 0 Å². The molecule has 0 aromatic carbocycles. The molecule has 0 fully saturated rings. The van der Waals surface area contributed by atoms with Gasteiger partial charge in [0.25, 0.3) is 0 Å². The van der Waals surface area contributed by atoms with E-state index in [-0.39, 0.29) is 24.8 Å². The molecule has 4 N–H and O–H groups in total. The van der Waals surface area contributed by atoms with Crippen molar-refractivity contribution in [3.63, 3.8) is 0 Å². The molecule has 10 nitrogen and oxygen atoms in total. The number of aromatic nitrogens is 6. The van der Waals surface area contributed by atoms with Crippen molar-refractivity contribution in [3.8, 4) is 0 Å². The van der Waals surface area contributed by atoms with E-state index < -0.39 is 0 Å². The van der Waals surface area contributed by atoms with E-state index in [2.05, 4.69) is 130 Å². The molecule has 0 aliphatic carbocycles. The van der Waals surface area contributed by atoms with Crippen LogP contribution in [0.25, 0.3) is 24.3 Å². The minimum absolute atomic E-state index is 0.255. The predicted molar refractivity (Wildman–Crippen MR) is 216 cm³/mol. The van der Waals surface area contributed by atoms with E-state index in [1.807, 2.05) is 12.1 Å². The average Bonchev–Trinajstić information content (AvgIpc) is 3.87. The van der Waals surface area contributed by atoms with Crippen LogP contribution < -0.4 is 30.5 Å². The Morgan fingerprint density at radius 1 is 0.464 bits per heavy atom. The maximum Gasteiger partial charge on any atom is 0.305 e. The molecule has 1 aliphatic heterocycles. The number of ether oxygens (including phenoxy) is 2. The number of aryl methyl sites for hydroxylation is 2. The van der Waals surface area contributed by atoms with Gasteiger partial charge in [0, 0.05) is 94.1 Å². The number of rotatable bonds is 12. The van der Waals surface area contributed by atoms with Gasteiger partial charge in [-0.05, 0) is 109 Å². The van der Waals surface area contributed by atoms with Crippen molar-refractivity contribution in [1.29, 1.82) is 0 Å². The Balaban J connectivity index is 1.49. The highest BCUT2D eigenvalue weighted by molar-refractivity contribution is 5.71. The Bertz CT molecular complexity index is 2640. The van der Waals surface area contributed by atoms with Crippen LogP contribution in [0.5, 0.6) is 0 Å². The summed E-state index contributed by atoms with van der Waals surface area (Å²) in [5.74, 6) is -0.509. The summed E-state index contributed by atoms with van der Waals surface area (Å²) < 4.78 is 14.5. The molecule has 288 valence electrons. The third kappa shape index (κ3) is 8.10. The molecule has 0 saturated heterocycles. The van der Waals surface area contributed by atoms with Crippen LogP contribution in [-0.4, -0.2) is 46.1 Å². The van der Waals surface area contributed by atoms with Gasteiger partial charge in [0.2, 0.25) is 0 Å². The Hall–Kier alpha value is -6.16. The van der Waals surface area contributed by atoms with Gasteiger partial charge < -0.3 is 29.4 Å². The molecule has 0 radical (unpaired) electrons. The summed E-state index contributed by atoms with van der Waals surface area (Å²) in [6.45, 7) is 10.3. The summed E-state index contributed by atoms with van der Waals surface area (Å²) in [6, 6.07) is 12.3. The first-order valence-corrected chi connectivity index (χ1v) is 19.4. The summed E-state index contributed by atoms with van der Waals surface area (Å²) >= 11 is 0. The van der Waals surface area contributed by atoms with Gasteiger partial charge in [-0.15, -0.1) is 0 Å². The lowest BCUT2D eigenvalue weighted by Gasteiger charge is -2.03. The fourth-order valence-corrected chi connectivity index (χ4v) is 7.96. The highest BCUT2D eigenvalue weighted by Gasteiger charge is 2.19.